The predicted octanol–water partition coefficient (Wildman–Crippen LogP) is 3.54. The lowest BCUT2D eigenvalue weighted by Gasteiger charge is -2.37. The molecule has 1 aliphatic rings. The molecule has 0 radical (unpaired) electrons. The lowest BCUT2D eigenvalue weighted by atomic mass is 9.66. The van der Waals surface area contributed by atoms with Gasteiger partial charge in [-0.1, -0.05) is 26.7 Å². The average Bonchev–Trinajstić information content (AvgIpc) is 2.68. The Morgan fingerprint density at radius 1 is 1.47 bits per heavy atom. The Hall–Kier alpha value is -1.12. The molecule has 0 bridgehead atoms. The van der Waals surface area contributed by atoms with Gasteiger partial charge < -0.3 is 0 Å². The van der Waals surface area contributed by atoms with E-state index in [9.17, 15) is 4.79 Å². The first kappa shape index (κ1) is 14.3. The molecule has 0 aliphatic heterocycles. The largest absolute Gasteiger partial charge is 0.299 e. The number of carbonyl (C=O) groups is 1. The molecule has 1 aromatic rings. The van der Waals surface area contributed by atoms with Crippen molar-refractivity contribution >= 4 is 5.78 Å². The summed E-state index contributed by atoms with van der Waals surface area (Å²) in [6.45, 7) is 9.40. The maximum absolute atomic E-state index is 12.6. The predicted molar refractivity (Wildman–Crippen MR) is 77.1 cm³/mol. The third kappa shape index (κ3) is 3.07. The van der Waals surface area contributed by atoms with Gasteiger partial charge in [-0.15, -0.1) is 0 Å². The molecule has 0 amide bonds. The fourth-order valence-electron chi connectivity index (χ4n) is 3.41. The first-order chi connectivity index (χ1) is 8.94. The second-order valence-electron chi connectivity index (χ2n) is 6.52. The zero-order chi connectivity index (χ0) is 14.0. The summed E-state index contributed by atoms with van der Waals surface area (Å²) in [5.74, 6) is 0.626. The Bertz CT molecular complexity index is 459. The molecule has 3 nitrogen and oxygen atoms in total. The highest BCUT2D eigenvalue weighted by atomic mass is 16.1. The molecule has 1 atom stereocenters. The van der Waals surface area contributed by atoms with E-state index in [4.69, 9.17) is 0 Å². The van der Waals surface area contributed by atoms with Crippen molar-refractivity contribution in [1.29, 1.82) is 0 Å². The number of carbonyl (C=O) groups excluding carboxylic acids is 1. The molecule has 2 rings (SSSR count). The van der Waals surface area contributed by atoms with E-state index in [1.807, 2.05) is 11.6 Å². The van der Waals surface area contributed by atoms with Crippen molar-refractivity contribution in [3.05, 3.63) is 17.5 Å². The summed E-state index contributed by atoms with van der Waals surface area (Å²) < 4.78 is 1.96. The fraction of sp³-hybridized carbons (Fsp3) is 0.750. The van der Waals surface area contributed by atoms with Crippen LogP contribution >= 0.6 is 0 Å². The zero-order valence-electron chi connectivity index (χ0n) is 12.7. The minimum absolute atomic E-state index is 0.168. The topological polar surface area (TPSA) is 34.9 Å². The third-order valence-corrected chi connectivity index (χ3v) is 4.54. The van der Waals surface area contributed by atoms with E-state index < -0.39 is 0 Å². The third-order valence-electron chi connectivity index (χ3n) is 4.54. The summed E-state index contributed by atoms with van der Waals surface area (Å²) >= 11 is 0. The lowest BCUT2D eigenvalue weighted by Crippen LogP contribution is -2.35. The van der Waals surface area contributed by atoms with Gasteiger partial charge in [0.25, 0.3) is 0 Å². The Labute approximate surface area is 116 Å². The Kier molecular flexibility index (Phi) is 4.12. The van der Waals surface area contributed by atoms with Crippen LogP contribution in [0, 0.1) is 18.3 Å². The summed E-state index contributed by atoms with van der Waals surface area (Å²) in [7, 11) is 0. The van der Waals surface area contributed by atoms with Gasteiger partial charge in [0.05, 0.1) is 5.69 Å². The minimum Gasteiger partial charge on any atom is -0.299 e. The molecule has 1 heterocycles. The van der Waals surface area contributed by atoms with Crippen LogP contribution in [0.1, 0.15) is 57.8 Å². The number of ketones is 1. The van der Waals surface area contributed by atoms with E-state index in [1.54, 1.807) is 0 Å². The highest BCUT2D eigenvalue weighted by Gasteiger charge is 2.36. The van der Waals surface area contributed by atoms with E-state index in [0.717, 1.165) is 24.4 Å². The van der Waals surface area contributed by atoms with E-state index in [2.05, 4.69) is 31.9 Å². The van der Waals surface area contributed by atoms with E-state index in [0.29, 0.717) is 12.2 Å². The van der Waals surface area contributed by atoms with Crippen LogP contribution in [0.2, 0.25) is 0 Å². The monoisotopic (exact) mass is 262 g/mol. The van der Waals surface area contributed by atoms with Gasteiger partial charge in [-0.2, -0.15) is 5.10 Å². The molecule has 0 aromatic carbocycles. The summed E-state index contributed by atoms with van der Waals surface area (Å²) in [5.41, 5.74) is 2.25. The van der Waals surface area contributed by atoms with Crippen molar-refractivity contribution in [2.75, 3.05) is 0 Å². The van der Waals surface area contributed by atoms with Crippen LogP contribution in [0.5, 0.6) is 0 Å². The van der Waals surface area contributed by atoms with Gasteiger partial charge in [-0.05, 0) is 38.2 Å². The SMILES string of the molecule is CCn1nc(C)cc1CC(=O)C1CCCCC1(C)C. The molecule has 0 saturated heterocycles. The number of aryl methyl sites for hydroxylation is 2. The summed E-state index contributed by atoms with van der Waals surface area (Å²) in [6.07, 6.45) is 5.25. The quantitative estimate of drug-likeness (QED) is 0.832. The van der Waals surface area contributed by atoms with Crippen molar-refractivity contribution in [3.63, 3.8) is 0 Å². The molecule has 1 unspecified atom stereocenters. The molecule has 1 aliphatic carbocycles. The van der Waals surface area contributed by atoms with E-state index >= 15 is 0 Å². The highest BCUT2D eigenvalue weighted by molar-refractivity contribution is 5.83. The summed E-state index contributed by atoms with van der Waals surface area (Å²) in [4.78, 5) is 12.6. The van der Waals surface area contributed by atoms with Crippen molar-refractivity contribution in [3.8, 4) is 0 Å². The highest BCUT2D eigenvalue weighted by Crippen LogP contribution is 2.41. The lowest BCUT2D eigenvalue weighted by molar-refractivity contribution is -0.127. The van der Waals surface area contributed by atoms with E-state index in [-0.39, 0.29) is 11.3 Å². The maximum atomic E-state index is 12.6. The molecule has 0 N–H and O–H groups in total. The zero-order valence-corrected chi connectivity index (χ0v) is 12.7. The molecule has 0 spiro atoms. The Morgan fingerprint density at radius 3 is 2.84 bits per heavy atom. The molecule has 106 valence electrons. The van der Waals surface area contributed by atoms with Crippen LogP contribution in [0.4, 0.5) is 0 Å². The van der Waals surface area contributed by atoms with Gasteiger partial charge in [0, 0.05) is 24.6 Å². The van der Waals surface area contributed by atoms with Gasteiger partial charge in [-0.25, -0.2) is 0 Å². The van der Waals surface area contributed by atoms with Gasteiger partial charge in [0.15, 0.2) is 0 Å². The van der Waals surface area contributed by atoms with Gasteiger partial charge in [-0.3, -0.25) is 9.48 Å². The second-order valence-corrected chi connectivity index (χ2v) is 6.52. The minimum atomic E-state index is 0.168. The summed E-state index contributed by atoms with van der Waals surface area (Å²) in [5, 5.41) is 4.43. The van der Waals surface area contributed by atoms with Crippen LogP contribution in [-0.4, -0.2) is 15.6 Å². The molecule has 19 heavy (non-hydrogen) atoms. The Morgan fingerprint density at radius 2 is 2.21 bits per heavy atom. The molecule has 3 heteroatoms. The number of nitrogens with zero attached hydrogens (tertiary/aromatic N) is 2. The fourth-order valence-corrected chi connectivity index (χ4v) is 3.41. The number of hydrogen-bond acceptors (Lipinski definition) is 2. The number of Topliss-reactive ketones (excluding diaryl/α,β-unsaturated/α-hetero) is 1. The normalized spacial score (nSPS) is 22.4. The number of aromatic nitrogens is 2. The molecular weight excluding hydrogens is 236 g/mol. The maximum Gasteiger partial charge on any atom is 0.142 e. The molecule has 1 aromatic heterocycles. The first-order valence-electron chi connectivity index (χ1n) is 7.50. The van der Waals surface area contributed by atoms with Gasteiger partial charge in [0.2, 0.25) is 0 Å². The summed E-state index contributed by atoms with van der Waals surface area (Å²) in [6, 6.07) is 2.05. The van der Waals surface area contributed by atoms with E-state index in [1.165, 1.54) is 19.3 Å². The van der Waals surface area contributed by atoms with Crippen LogP contribution in [0.15, 0.2) is 6.07 Å². The van der Waals surface area contributed by atoms with Crippen molar-refractivity contribution in [1.82, 2.24) is 9.78 Å². The Balaban J connectivity index is 2.11. The van der Waals surface area contributed by atoms with Gasteiger partial charge in [0.1, 0.15) is 5.78 Å². The van der Waals surface area contributed by atoms with Crippen molar-refractivity contribution in [2.24, 2.45) is 11.3 Å². The second kappa shape index (κ2) is 5.48. The van der Waals surface area contributed by atoms with Crippen LogP contribution in [0.3, 0.4) is 0 Å². The smallest absolute Gasteiger partial charge is 0.142 e. The number of rotatable bonds is 4. The van der Waals surface area contributed by atoms with Crippen LogP contribution < -0.4 is 0 Å². The first-order valence-corrected chi connectivity index (χ1v) is 7.50. The molecule has 1 fully saturated rings. The molecule has 1 saturated carbocycles. The van der Waals surface area contributed by atoms with Crippen molar-refractivity contribution in [2.45, 2.75) is 66.3 Å². The van der Waals surface area contributed by atoms with Crippen LogP contribution in [-0.2, 0) is 17.8 Å². The standard InChI is InChI=1S/C16H26N2O/c1-5-18-13(10-12(2)17-18)11-15(19)14-8-6-7-9-16(14,3)4/h10,14H,5-9,11H2,1-4H3. The molecular formula is C16H26N2O. The average molecular weight is 262 g/mol. The van der Waals surface area contributed by atoms with Crippen LogP contribution in [0.25, 0.3) is 0 Å². The van der Waals surface area contributed by atoms with Gasteiger partial charge >= 0.3 is 0 Å². The number of hydrogen-bond donors (Lipinski definition) is 0. The van der Waals surface area contributed by atoms with Crippen molar-refractivity contribution < 1.29 is 4.79 Å².